The van der Waals surface area contributed by atoms with Crippen molar-refractivity contribution >= 4 is 11.3 Å². The topological polar surface area (TPSA) is 47.0 Å². The average molecular weight is 281 g/mol. The van der Waals surface area contributed by atoms with Crippen LogP contribution in [0.15, 0.2) is 0 Å². The van der Waals surface area contributed by atoms with Crippen molar-refractivity contribution in [1.82, 2.24) is 15.5 Å². The average Bonchev–Trinajstić information content (AvgIpc) is 2.94. The number of rotatable bonds is 7. The molecule has 2 aliphatic rings. The molecule has 2 fully saturated rings. The Bertz CT molecular complexity index is 405. The molecule has 0 aromatic carbocycles. The standard InChI is InChI=1S/C14H23N3OS/c1-2-12-11(7-9-18-12)14-17-16-13(19-14)4-3-8-15-10-5-6-10/h10-12,15H,2-9H2,1H3. The zero-order chi connectivity index (χ0) is 13.1. The summed E-state index contributed by atoms with van der Waals surface area (Å²) in [6.45, 7) is 4.18. The van der Waals surface area contributed by atoms with E-state index in [0.717, 1.165) is 38.5 Å². The lowest BCUT2D eigenvalue weighted by molar-refractivity contribution is 0.100. The van der Waals surface area contributed by atoms with Gasteiger partial charge in [-0.05, 0) is 38.6 Å². The maximum absolute atomic E-state index is 5.74. The molecule has 5 heteroatoms. The summed E-state index contributed by atoms with van der Waals surface area (Å²) in [5.41, 5.74) is 0. The number of nitrogens with one attached hydrogen (secondary N) is 1. The highest BCUT2D eigenvalue weighted by Crippen LogP contribution is 2.34. The van der Waals surface area contributed by atoms with Gasteiger partial charge in [-0.25, -0.2) is 0 Å². The number of aryl methyl sites for hydroxylation is 1. The molecule has 0 bridgehead atoms. The van der Waals surface area contributed by atoms with Crippen molar-refractivity contribution in [2.75, 3.05) is 13.2 Å². The fraction of sp³-hybridized carbons (Fsp3) is 0.857. The Morgan fingerprint density at radius 2 is 2.21 bits per heavy atom. The van der Waals surface area contributed by atoms with Gasteiger partial charge in [0.05, 0.1) is 6.10 Å². The minimum Gasteiger partial charge on any atom is -0.377 e. The maximum atomic E-state index is 5.74. The molecule has 1 aromatic rings. The third-order valence-electron chi connectivity index (χ3n) is 3.99. The van der Waals surface area contributed by atoms with E-state index in [4.69, 9.17) is 4.74 Å². The quantitative estimate of drug-likeness (QED) is 0.780. The van der Waals surface area contributed by atoms with Crippen LogP contribution in [0.25, 0.3) is 0 Å². The van der Waals surface area contributed by atoms with E-state index in [1.165, 1.54) is 29.3 Å². The van der Waals surface area contributed by atoms with Crippen LogP contribution in [0.1, 0.15) is 55.0 Å². The molecule has 1 aliphatic heterocycles. The molecule has 1 saturated heterocycles. The van der Waals surface area contributed by atoms with Gasteiger partial charge in [0.2, 0.25) is 0 Å². The van der Waals surface area contributed by atoms with Crippen molar-refractivity contribution in [2.45, 2.75) is 63.5 Å². The van der Waals surface area contributed by atoms with Crippen LogP contribution in [-0.2, 0) is 11.2 Å². The predicted molar refractivity (Wildman–Crippen MR) is 76.6 cm³/mol. The smallest absolute Gasteiger partial charge is 0.123 e. The van der Waals surface area contributed by atoms with Gasteiger partial charge in [-0.1, -0.05) is 6.92 Å². The number of nitrogens with zero attached hydrogens (tertiary/aromatic N) is 2. The Labute approximate surface area is 119 Å². The van der Waals surface area contributed by atoms with E-state index in [9.17, 15) is 0 Å². The number of aromatic nitrogens is 2. The molecule has 4 nitrogen and oxygen atoms in total. The van der Waals surface area contributed by atoms with Crippen LogP contribution in [-0.4, -0.2) is 35.5 Å². The van der Waals surface area contributed by atoms with Crippen LogP contribution in [0.5, 0.6) is 0 Å². The minimum atomic E-state index is 0.359. The molecular formula is C14H23N3OS. The molecule has 0 amide bonds. The molecule has 1 N–H and O–H groups in total. The summed E-state index contributed by atoms with van der Waals surface area (Å²) in [7, 11) is 0. The molecule has 0 spiro atoms. The van der Waals surface area contributed by atoms with Crippen LogP contribution in [0.3, 0.4) is 0 Å². The van der Waals surface area contributed by atoms with Gasteiger partial charge in [0, 0.05) is 25.0 Å². The molecule has 1 aliphatic carbocycles. The molecule has 106 valence electrons. The first kappa shape index (κ1) is 13.5. The van der Waals surface area contributed by atoms with Gasteiger partial charge in [0.1, 0.15) is 10.0 Å². The van der Waals surface area contributed by atoms with Gasteiger partial charge in [0.15, 0.2) is 0 Å². The second-order valence-electron chi connectivity index (χ2n) is 5.58. The highest BCUT2D eigenvalue weighted by molar-refractivity contribution is 7.11. The number of ether oxygens (including phenoxy) is 1. The van der Waals surface area contributed by atoms with Gasteiger partial charge >= 0.3 is 0 Å². The Balaban J connectivity index is 1.47. The van der Waals surface area contributed by atoms with E-state index >= 15 is 0 Å². The summed E-state index contributed by atoms with van der Waals surface area (Å²) in [4.78, 5) is 0. The molecule has 19 heavy (non-hydrogen) atoms. The van der Waals surface area contributed by atoms with E-state index in [2.05, 4.69) is 22.4 Å². The van der Waals surface area contributed by atoms with Crippen LogP contribution in [0, 0.1) is 0 Å². The van der Waals surface area contributed by atoms with E-state index < -0.39 is 0 Å². The third-order valence-corrected chi connectivity index (χ3v) is 5.10. The Morgan fingerprint density at radius 1 is 1.32 bits per heavy atom. The van der Waals surface area contributed by atoms with Gasteiger partial charge in [-0.15, -0.1) is 21.5 Å². The minimum absolute atomic E-state index is 0.359. The van der Waals surface area contributed by atoms with Gasteiger partial charge in [0.25, 0.3) is 0 Å². The highest BCUT2D eigenvalue weighted by atomic mass is 32.1. The SMILES string of the molecule is CCC1OCCC1c1nnc(CCCNC2CC2)s1. The molecule has 2 atom stereocenters. The molecule has 1 aromatic heterocycles. The Hall–Kier alpha value is -0.520. The molecule has 2 heterocycles. The van der Waals surface area contributed by atoms with Gasteiger partial charge in [-0.3, -0.25) is 0 Å². The van der Waals surface area contributed by atoms with Gasteiger partial charge < -0.3 is 10.1 Å². The number of hydrogen-bond acceptors (Lipinski definition) is 5. The largest absolute Gasteiger partial charge is 0.377 e. The van der Waals surface area contributed by atoms with Crippen molar-refractivity contribution in [3.05, 3.63) is 10.0 Å². The van der Waals surface area contributed by atoms with Crippen molar-refractivity contribution in [3.8, 4) is 0 Å². The normalized spacial score (nSPS) is 27.0. The third kappa shape index (κ3) is 3.52. The summed E-state index contributed by atoms with van der Waals surface area (Å²) < 4.78 is 5.74. The van der Waals surface area contributed by atoms with Crippen LogP contribution in [0.2, 0.25) is 0 Å². The fourth-order valence-electron chi connectivity index (χ4n) is 2.68. The Kier molecular flexibility index (Phi) is 4.45. The summed E-state index contributed by atoms with van der Waals surface area (Å²) in [6, 6.07) is 0.811. The zero-order valence-electron chi connectivity index (χ0n) is 11.6. The van der Waals surface area contributed by atoms with Crippen molar-refractivity contribution < 1.29 is 4.74 Å². The first-order valence-electron chi connectivity index (χ1n) is 7.54. The Morgan fingerprint density at radius 3 is 3.00 bits per heavy atom. The summed E-state index contributed by atoms with van der Waals surface area (Å²) in [5.74, 6) is 0.487. The molecule has 1 saturated carbocycles. The fourth-order valence-corrected chi connectivity index (χ4v) is 3.76. The molecule has 3 rings (SSSR count). The maximum Gasteiger partial charge on any atom is 0.123 e. The van der Waals surface area contributed by atoms with Crippen LogP contribution < -0.4 is 5.32 Å². The second-order valence-corrected chi connectivity index (χ2v) is 6.67. The first-order valence-corrected chi connectivity index (χ1v) is 8.35. The van der Waals surface area contributed by atoms with Crippen molar-refractivity contribution in [3.63, 3.8) is 0 Å². The summed E-state index contributed by atoms with van der Waals surface area (Å²) in [6.07, 6.45) is 7.50. The van der Waals surface area contributed by atoms with E-state index in [1.807, 2.05) is 0 Å². The zero-order valence-corrected chi connectivity index (χ0v) is 12.4. The first-order chi connectivity index (χ1) is 9.36. The second kappa shape index (κ2) is 6.29. The predicted octanol–water partition coefficient (Wildman–Crippen LogP) is 2.51. The number of hydrogen-bond donors (Lipinski definition) is 1. The monoisotopic (exact) mass is 281 g/mol. The van der Waals surface area contributed by atoms with E-state index in [-0.39, 0.29) is 0 Å². The lowest BCUT2D eigenvalue weighted by Gasteiger charge is -2.12. The van der Waals surface area contributed by atoms with Crippen molar-refractivity contribution in [2.24, 2.45) is 0 Å². The van der Waals surface area contributed by atoms with E-state index in [1.54, 1.807) is 11.3 Å². The van der Waals surface area contributed by atoms with E-state index in [0.29, 0.717) is 12.0 Å². The van der Waals surface area contributed by atoms with Crippen molar-refractivity contribution in [1.29, 1.82) is 0 Å². The molecular weight excluding hydrogens is 258 g/mol. The van der Waals surface area contributed by atoms with Crippen LogP contribution in [0.4, 0.5) is 0 Å². The lowest BCUT2D eigenvalue weighted by Crippen LogP contribution is -2.17. The molecule has 2 unspecified atom stereocenters. The molecule has 0 radical (unpaired) electrons. The van der Waals surface area contributed by atoms with Gasteiger partial charge in [-0.2, -0.15) is 0 Å². The summed E-state index contributed by atoms with van der Waals surface area (Å²) >= 11 is 1.79. The lowest BCUT2D eigenvalue weighted by atomic mass is 10.0. The highest BCUT2D eigenvalue weighted by Gasteiger charge is 2.31. The van der Waals surface area contributed by atoms with Crippen LogP contribution >= 0.6 is 11.3 Å². The summed E-state index contributed by atoms with van der Waals surface area (Å²) in [5, 5.41) is 14.7.